The van der Waals surface area contributed by atoms with Crippen molar-refractivity contribution in [3.8, 4) is 0 Å². The van der Waals surface area contributed by atoms with E-state index >= 15 is 0 Å². The highest BCUT2D eigenvalue weighted by Gasteiger charge is 2.59. The molecule has 0 aromatic heterocycles. The summed E-state index contributed by atoms with van der Waals surface area (Å²) in [5.74, 6) is 0.772. The minimum atomic E-state index is -4.80. The normalized spacial score (nSPS) is 20.9. The van der Waals surface area contributed by atoms with Gasteiger partial charge in [0.2, 0.25) is 11.5 Å². The van der Waals surface area contributed by atoms with Gasteiger partial charge in [0.05, 0.1) is 26.5 Å². The van der Waals surface area contributed by atoms with Gasteiger partial charge in [-0.25, -0.2) is 0 Å². The summed E-state index contributed by atoms with van der Waals surface area (Å²) in [5.41, 5.74) is 1.02. The monoisotopic (exact) mass is 536 g/mol. The summed E-state index contributed by atoms with van der Waals surface area (Å²) < 4.78 is 42.5. The molecule has 1 atom stereocenters. The highest BCUT2D eigenvalue weighted by atomic mass is 35.5. The van der Waals surface area contributed by atoms with Crippen LogP contribution < -0.4 is 5.48 Å². The van der Waals surface area contributed by atoms with E-state index in [0.29, 0.717) is 24.4 Å². The summed E-state index contributed by atoms with van der Waals surface area (Å²) >= 11 is 19.3. The molecule has 2 aromatic rings. The van der Waals surface area contributed by atoms with E-state index in [4.69, 9.17) is 39.6 Å². The number of amides is 1. The molecule has 2 heterocycles. The largest absolute Gasteiger partial charge is 0.428 e. The van der Waals surface area contributed by atoms with Gasteiger partial charge in [-0.2, -0.15) is 24.9 Å². The van der Waals surface area contributed by atoms with Crippen molar-refractivity contribution in [2.24, 2.45) is 0 Å². The van der Waals surface area contributed by atoms with E-state index in [-0.39, 0.29) is 38.2 Å². The topological polar surface area (TPSA) is 41.6 Å². The Balaban J connectivity index is 1.58. The molecule has 0 aliphatic carbocycles. The maximum Gasteiger partial charge on any atom is 0.428 e. The van der Waals surface area contributed by atoms with Gasteiger partial charge in [-0.05, 0) is 35.6 Å². The molecule has 2 aromatic carbocycles. The molecule has 2 aliphatic heterocycles. The highest BCUT2D eigenvalue weighted by Crippen LogP contribution is 2.49. The van der Waals surface area contributed by atoms with E-state index in [2.05, 4.69) is 5.48 Å². The summed E-state index contributed by atoms with van der Waals surface area (Å²) in [7, 11) is 0. The Morgan fingerprint density at radius 1 is 1.18 bits per heavy atom. The molecular weight excluding hydrogens is 520 g/mol. The number of hydrogen-bond donors (Lipinski definition) is 1. The lowest BCUT2D eigenvalue weighted by molar-refractivity contribution is -0.269. The van der Waals surface area contributed by atoms with Crippen LogP contribution in [-0.4, -0.2) is 42.1 Å². The Morgan fingerprint density at radius 3 is 2.33 bits per heavy atom. The van der Waals surface area contributed by atoms with Gasteiger partial charge in [-0.3, -0.25) is 15.1 Å². The molecule has 1 saturated heterocycles. The van der Waals surface area contributed by atoms with Crippen LogP contribution in [0.2, 0.25) is 15.1 Å². The standard InChI is InChI=1S/C22H18Cl3F3N2O2S/c1-33-11-19(31)30-9-14(10-30)12-2-4-13(5-3-12)18-8-21(32-29-18,22(26,27)28)15-6-16(23)20(25)17(24)7-15/h2-8,14,29H,9-11H2,1H3. The molecule has 1 N–H and O–H groups in total. The van der Waals surface area contributed by atoms with Gasteiger partial charge in [0.15, 0.2) is 0 Å². The van der Waals surface area contributed by atoms with Gasteiger partial charge in [0.25, 0.3) is 0 Å². The van der Waals surface area contributed by atoms with E-state index in [1.54, 1.807) is 17.0 Å². The molecule has 1 amide bonds. The Labute approximate surface area is 208 Å². The lowest BCUT2D eigenvalue weighted by atomic mass is 9.89. The van der Waals surface area contributed by atoms with Crippen molar-refractivity contribution in [1.82, 2.24) is 10.4 Å². The zero-order valence-corrected chi connectivity index (χ0v) is 20.3. The molecule has 1 fully saturated rings. The second kappa shape index (κ2) is 9.23. The number of hydroxylamine groups is 1. The van der Waals surface area contributed by atoms with Crippen LogP contribution in [0.4, 0.5) is 13.2 Å². The van der Waals surface area contributed by atoms with Crippen molar-refractivity contribution in [1.29, 1.82) is 0 Å². The van der Waals surface area contributed by atoms with E-state index in [1.807, 2.05) is 18.4 Å². The van der Waals surface area contributed by atoms with Crippen LogP contribution in [0.5, 0.6) is 0 Å². The number of nitrogens with zero attached hydrogens (tertiary/aromatic N) is 1. The molecule has 33 heavy (non-hydrogen) atoms. The molecule has 0 bridgehead atoms. The summed E-state index contributed by atoms with van der Waals surface area (Å²) in [6.07, 6.45) is -1.96. The first kappa shape index (κ1) is 24.5. The fourth-order valence-electron chi connectivity index (χ4n) is 3.80. The number of carbonyl (C=O) groups is 1. The number of benzene rings is 2. The van der Waals surface area contributed by atoms with Crippen LogP contribution in [0.15, 0.2) is 42.5 Å². The Kier molecular flexibility index (Phi) is 6.86. The fourth-order valence-corrected chi connectivity index (χ4v) is 4.82. The number of alkyl halides is 3. The first-order valence-electron chi connectivity index (χ1n) is 9.81. The molecule has 2 aliphatic rings. The van der Waals surface area contributed by atoms with Crippen molar-refractivity contribution in [3.05, 3.63) is 74.2 Å². The number of likely N-dealkylation sites (tertiary alicyclic amines) is 1. The average molecular weight is 538 g/mol. The van der Waals surface area contributed by atoms with Gasteiger partial charge in [-0.15, -0.1) is 0 Å². The summed E-state index contributed by atoms with van der Waals surface area (Å²) in [6.45, 7) is 1.27. The zero-order valence-electron chi connectivity index (χ0n) is 17.2. The van der Waals surface area contributed by atoms with Gasteiger partial charge in [0.1, 0.15) is 0 Å². The van der Waals surface area contributed by atoms with Crippen LogP contribution in [0.25, 0.3) is 5.70 Å². The molecule has 11 heteroatoms. The van der Waals surface area contributed by atoms with Gasteiger partial charge >= 0.3 is 6.18 Å². The summed E-state index contributed by atoms with van der Waals surface area (Å²) in [5, 5.41) is -0.249. The molecular formula is C22H18Cl3F3N2O2S. The number of halogens is 6. The van der Waals surface area contributed by atoms with E-state index in [9.17, 15) is 18.0 Å². The fraction of sp³-hybridized carbons (Fsp3) is 0.318. The van der Waals surface area contributed by atoms with Crippen LogP contribution in [0, 0.1) is 0 Å². The lowest BCUT2D eigenvalue weighted by Gasteiger charge is -2.39. The van der Waals surface area contributed by atoms with Gasteiger partial charge < -0.3 is 4.90 Å². The number of carbonyl (C=O) groups excluding carboxylic acids is 1. The zero-order chi connectivity index (χ0) is 24.0. The third-order valence-electron chi connectivity index (χ3n) is 5.70. The van der Waals surface area contributed by atoms with Crippen LogP contribution >= 0.6 is 46.6 Å². The van der Waals surface area contributed by atoms with E-state index < -0.39 is 11.8 Å². The molecule has 0 radical (unpaired) electrons. The third kappa shape index (κ3) is 4.56. The first-order valence-corrected chi connectivity index (χ1v) is 12.3. The minimum absolute atomic E-state index is 0.0325. The number of hydrogen-bond acceptors (Lipinski definition) is 4. The Bertz CT molecular complexity index is 1080. The Morgan fingerprint density at radius 2 is 1.79 bits per heavy atom. The molecule has 0 saturated carbocycles. The van der Waals surface area contributed by atoms with Crippen molar-refractivity contribution in [2.75, 3.05) is 25.1 Å². The third-order valence-corrected chi connectivity index (χ3v) is 7.43. The van der Waals surface area contributed by atoms with Crippen molar-refractivity contribution in [3.63, 3.8) is 0 Å². The molecule has 0 spiro atoms. The van der Waals surface area contributed by atoms with Gasteiger partial charge in [0, 0.05) is 24.6 Å². The van der Waals surface area contributed by atoms with Gasteiger partial charge in [-0.1, -0.05) is 59.1 Å². The summed E-state index contributed by atoms with van der Waals surface area (Å²) in [4.78, 5) is 18.8. The second-order valence-corrected chi connectivity index (χ2v) is 9.86. The molecule has 4 nitrogen and oxygen atoms in total. The highest BCUT2D eigenvalue weighted by molar-refractivity contribution is 7.99. The number of nitrogens with one attached hydrogen (secondary N) is 1. The van der Waals surface area contributed by atoms with Crippen LogP contribution in [0.1, 0.15) is 22.6 Å². The Hall–Kier alpha value is -1.58. The van der Waals surface area contributed by atoms with Crippen LogP contribution in [-0.2, 0) is 15.2 Å². The second-order valence-electron chi connectivity index (χ2n) is 7.80. The summed E-state index contributed by atoms with van der Waals surface area (Å²) in [6, 6.07) is 9.32. The number of thioether (sulfide) groups is 1. The smallest absolute Gasteiger partial charge is 0.341 e. The lowest BCUT2D eigenvalue weighted by Crippen LogP contribution is -2.49. The SMILES string of the molecule is CSCC(=O)N1CC(c2ccc(C3=CC(c4cc(Cl)c(Cl)c(Cl)c4)(C(F)(F)F)ON3)cc2)C1. The predicted molar refractivity (Wildman–Crippen MR) is 126 cm³/mol. The molecule has 1 unspecified atom stereocenters. The van der Waals surface area contributed by atoms with Crippen LogP contribution in [0.3, 0.4) is 0 Å². The van der Waals surface area contributed by atoms with E-state index in [0.717, 1.165) is 23.8 Å². The average Bonchev–Trinajstić information content (AvgIpc) is 3.18. The molecule has 4 rings (SSSR count). The maximum atomic E-state index is 14.2. The quantitative estimate of drug-likeness (QED) is 0.457. The molecule has 176 valence electrons. The van der Waals surface area contributed by atoms with Crippen molar-refractivity contribution < 1.29 is 22.8 Å². The van der Waals surface area contributed by atoms with Crippen molar-refractivity contribution >= 4 is 58.2 Å². The first-order chi connectivity index (χ1) is 15.6. The van der Waals surface area contributed by atoms with Crippen molar-refractivity contribution in [2.45, 2.75) is 17.7 Å². The minimum Gasteiger partial charge on any atom is -0.341 e. The maximum absolute atomic E-state index is 14.2. The predicted octanol–water partition coefficient (Wildman–Crippen LogP) is 6.27. The number of rotatable bonds is 5. The van der Waals surface area contributed by atoms with E-state index in [1.165, 1.54) is 11.8 Å².